The van der Waals surface area contributed by atoms with E-state index in [9.17, 15) is 4.79 Å². The van der Waals surface area contributed by atoms with E-state index in [-0.39, 0.29) is 5.91 Å². The second-order valence-electron chi connectivity index (χ2n) is 4.63. The van der Waals surface area contributed by atoms with Gasteiger partial charge < -0.3 is 5.32 Å². The summed E-state index contributed by atoms with van der Waals surface area (Å²) >= 11 is 0. The van der Waals surface area contributed by atoms with E-state index in [4.69, 9.17) is 0 Å². The first-order valence-electron chi connectivity index (χ1n) is 6.97. The van der Waals surface area contributed by atoms with Gasteiger partial charge in [-0.05, 0) is 24.1 Å². The number of nitrogens with zero attached hydrogens (tertiary/aromatic N) is 4. The van der Waals surface area contributed by atoms with Gasteiger partial charge in [0.25, 0.3) is 0 Å². The topological polar surface area (TPSA) is 72.7 Å². The minimum absolute atomic E-state index is 0.0320. The van der Waals surface area contributed by atoms with Crippen molar-refractivity contribution in [3.05, 3.63) is 47.8 Å². The summed E-state index contributed by atoms with van der Waals surface area (Å²) in [6.45, 7) is 2.82. The van der Waals surface area contributed by atoms with Crippen LogP contribution in [0.4, 0.5) is 0 Å². The highest BCUT2D eigenvalue weighted by molar-refractivity contribution is 5.76. The summed E-state index contributed by atoms with van der Waals surface area (Å²) in [4.78, 5) is 13.1. The second kappa shape index (κ2) is 7.94. The van der Waals surface area contributed by atoms with Crippen molar-refractivity contribution in [1.29, 1.82) is 0 Å². The number of benzene rings is 1. The van der Waals surface area contributed by atoms with Crippen LogP contribution in [-0.4, -0.2) is 32.7 Å². The molecule has 0 aliphatic rings. The fraction of sp³-hybridized carbons (Fsp3) is 0.333. The molecule has 1 amide bonds. The fourth-order valence-corrected chi connectivity index (χ4v) is 1.80. The Morgan fingerprint density at radius 1 is 1.33 bits per heavy atom. The lowest BCUT2D eigenvalue weighted by molar-refractivity contribution is -0.121. The lowest BCUT2D eigenvalue weighted by atomic mass is 10.2. The first-order valence-corrected chi connectivity index (χ1v) is 6.97. The maximum absolute atomic E-state index is 11.6. The number of amides is 1. The van der Waals surface area contributed by atoms with Gasteiger partial charge in [-0.3, -0.25) is 4.79 Å². The van der Waals surface area contributed by atoms with E-state index in [0.717, 1.165) is 12.0 Å². The van der Waals surface area contributed by atoms with Crippen LogP contribution in [0.25, 0.3) is 6.08 Å². The van der Waals surface area contributed by atoms with Gasteiger partial charge in [0.05, 0.1) is 6.54 Å². The van der Waals surface area contributed by atoms with Crippen LogP contribution < -0.4 is 5.32 Å². The summed E-state index contributed by atoms with van der Waals surface area (Å²) in [5, 5.41) is 14.5. The molecule has 0 aliphatic carbocycles. The first-order chi connectivity index (χ1) is 10.2. The zero-order valence-corrected chi connectivity index (χ0v) is 12.1. The molecule has 0 unspecified atom stereocenters. The summed E-state index contributed by atoms with van der Waals surface area (Å²) in [6, 6.07) is 10.0. The Bertz CT molecular complexity index is 591. The molecule has 0 fully saturated rings. The molecule has 0 saturated heterocycles. The number of aryl methyl sites for hydroxylation is 1. The third-order valence-corrected chi connectivity index (χ3v) is 2.83. The van der Waals surface area contributed by atoms with Crippen LogP contribution in [0.3, 0.4) is 0 Å². The predicted molar refractivity (Wildman–Crippen MR) is 80.3 cm³/mol. The van der Waals surface area contributed by atoms with Crippen LogP contribution in [0.15, 0.2) is 36.4 Å². The van der Waals surface area contributed by atoms with Crippen molar-refractivity contribution >= 4 is 12.0 Å². The molecule has 1 aromatic heterocycles. The number of allylic oxidation sites excluding steroid dienone is 1. The van der Waals surface area contributed by atoms with Gasteiger partial charge in [-0.15, -0.1) is 10.2 Å². The Labute approximate surface area is 123 Å². The SMILES string of the molecule is Cc1nnn(CCNC(=O)CC/C=C/c2ccccc2)n1. The molecule has 0 radical (unpaired) electrons. The van der Waals surface area contributed by atoms with Crippen LogP contribution in [0.5, 0.6) is 0 Å². The molecule has 110 valence electrons. The molecule has 2 aromatic rings. The molecule has 1 heterocycles. The minimum atomic E-state index is 0.0320. The molecular formula is C15H19N5O. The van der Waals surface area contributed by atoms with Crippen molar-refractivity contribution in [2.24, 2.45) is 0 Å². The van der Waals surface area contributed by atoms with Gasteiger partial charge in [-0.25, -0.2) is 0 Å². The van der Waals surface area contributed by atoms with Gasteiger partial charge in [0, 0.05) is 13.0 Å². The molecule has 6 nitrogen and oxygen atoms in total. The van der Waals surface area contributed by atoms with Crippen molar-refractivity contribution in [1.82, 2.24) is 25.5 Å². The molecule has 21 heavy (non-hydrogen) atoms. The average molecular weight is 285 g/mol. The third-order valence-electron chi connectivity index (χ3n) is 2.83. The van der Waals surface area contributed by atoms with Crippen molar-refractivity contribution < 1.29 is 4.79 Å². The normalized spacial score (nSPS) is 10.9. The lowest BCUT2D eigenvalue weighted by Gasteiger charge is -2.02. The van der Waals surface area contributed by atoms with E-state index in [2.05, 4.69) is 20.7 Å². The number of aromatic nitrogens is 4. The third kappa shape index (κ3) is 5.56. The van der Waals surface area contributed by atoms with Crippen molar-refractivity contribution in [3.63, 3.8) is 0 Å². The largest absolute Gasteiger partial charge is 0.354 e. The van der Waals surface area contributed by atoms with Gasteiger partial charge in [-0.1, -0.05) is 42.5 Å². The molecule has 2 rings (SSSR count). The quantitative estimate of drug-likeness (QED) is 0.838. The van der Waals surface area contributed by atoms with E-state index in [0.29, 0.717) is 25.3 Å². The molecule has 0 spiro atoms. The van der Waals surface area contributed by atoms with Crippen LogP contribution >= 0.6 is 0 Å². The molecule has 0 saturated carbocycles. The minimum Gasteiger partial charge on any atom is -0.354 e. The predicted octanol–water partition coefficient (Wildman–Crippen LogP) is 1.59. The maximum atomic E-state index is 11.6. The number of rotatable bonds is 7. The van der Waals surface area contributed by atoms with Crippen LogP contribution in [0, 0.1) is 6.92 Å². The number of carbonyl (C=O) groups excluding carboxylic acids is 1. The van der Waals surface area contributed by atoms with Crippen molar-refractivity contribution in [2.75, 3.05) is 6.54 Å². The smallest absolute Gasteiger partial charge is 0.220 e. The second-order valence-corrected chi connectivity index (χ2v) is 4.63. The standard InChI is InChI=1S/C15H19N5O/c1-13-17-19-20(18-13)12-11-16-15(21)10-6-5-9-14-7-3-2-4-8-14/h2-5,7-9H,6,10-12H2,1H3,(H,16,21)/b9-5+. The highest BCUT2D eigenvalue weighted by atomic mass is 16.1. The van der Waals surface area contributed by atoms with Crippen LogP contribution in [0.1, 0.15) is 24.2 Å². The van der Waals surface area contributed by atoms with Gasteiger partial charge in [0.15, 0.2) is 5.82 Å². The Hall–Kier alpha value is -2.50. The molecule has 1 N–H and O–H groups in total. The Morgan fingerprint density at radius 3 is 2.86 bits per heavy atom. The number of tetrazole rings is 1. The summed E-state index contributed by atoms with van der Waals surface area (Å²) in [5.41, 5.74) is 1.14. The van der Waals surface area contributed by atoms with Crippen LogP contribution in [0.2, 0.25) is 0 Å². The Balaban J connectivity index is 1.60. The highest BCUT2D eigenvalue weighted by Gasteiger charge is 2.00. The molecule has 1 aromatic carbocycles. The maximum Gasteiger partial charge on any atom is 0.220 e. The van der Waals surface area contributed by atoms with Crippen molar-refractivity contribution in [2.45, 2.75) is 26.3 Å². The lowest BCUT2D eigenvalue weighted by Crippen LogP contribution is -2.27. The fourth-order valence-electron chi connectivity index (χ4n) is 1.80. The van der Waals surface area contributed by atoms with Crippen molar-refractivity contribution in [3.8, 4) is 0 Å². The molecule has 6 heteroatoms. The molecular weight excluding hydrogens is 266 g/mol. The summed E-state index contributed by atoms with van der Waals surface area (Å²) in [6.07, 6.45) is 5.24. The van der Waals surface area contributed by atoms with Gasteiger partial charge in [0.1, 0.15) is 0 Å². The van der Waals surface area contributed by atoms with Crippen LogP contribution in [-0.2, 0) is 11.3 Å². The zero-order valence-electron chi connectivity index (χ0n) is 12.1. The van der Waals surface area contributed by atoms with Gasteiger partial charge in [-0.2, -0.15) is 4.80 Å². The van der Waals surface area contributed by atoms with E-state index in [1.165, 1.54) is 4.80 Å². The number of nitrogens with one attached hydrogen (secondary N) is 1. The summed E-state index contributed by atoms with van der Waals surface area (Å²) < 4.78 is 0. The zero-order chi connectivity index (χ0) is 14.9. The summed E-state index contributed by atoms with van der Waals surface area (Å²) in [7, 11) is 0. The first kappa shape index (κ1) is 14.9. The highest BCUT2D eigenvalue weighted by Crippen LogP contribution is 2.02. The van der Waals surface area contributed by atoms with E-state index in [1.807, 2.05) is 42.5 Å². The van der Waals surface area contributed by atoms with Gasteiger partial charge >= 0.3 is 0 Å². The summed E-state index contributed by atoms with van der Waals surface area (Å²) in [5.74, 6) is 0.664. The van der Waals surface area contributed by atoms with E-state index in [1.54, 1.807) is 6.92 Å². The van der Waals surface area contributed by atoms with E-state index >= 15 is 0 Å². The Morgan fingerprint density at radius 2 is 2.14 bits per heavy atom. The Kier molecular flexibility index (Phi) is 5.63. The van der Waals surface area contributed by atoms with E-state index < -0.39 is 0 Å². The number of carbonyl (C=O) groups is 1. The van der Waals surface area contributed by atoms with Gasteiger partial charge in [0.2, 0.25) is 5.91 Å². The molecule has 0 bridgehead atoms. The number of hydrogen-bond donors (Lipinski definition) is 1. The average Bonchev–Trinajstić information content (AvgIpc) is 2.90. The molecule has 0 atom stereocenters. The number of hydrogen-bond acceptors (Lipinski definition) is 4. The molecule has 0 aliphatic heterocycles. The monoisotopic (exact) mass is 285 g/mol.